The van der Waals surface area contributed by atoms with Crippen LogP contribution < -0.4 is 15.1 Å². The normalized spacial score (nSPS) is 20.2. The molecule has 8 heteroatoms. The van der Waals surface area contributed by atoms with E-state index in [-0.39, 0.29) is 11.4 Å². The van der Waals surface area contributed by atoms with E-state index in [4.69, 9.17) is 4.74 Å². The molecule has 2 aliphatic heterocycles. The van der Waals surface area contributed by atoms with Crippen LogP contribution in [0.25, 0.3) is 10.9 Å². The van der Waals surface area contributed by atoms with Gasteiger partial charge in [0.2, 0.25) is 11.7 Å². The van der Waals surface area contributed by atoms with Crippen LogP contribution in [0.3, 0.4) is 0 Å². The number of hydrogen-bond acceptors (Lipinski definition) is 7. The summed E-state index contributed by atoms with van der Waals surface area (Å²) in [5.41, 5.74) is 3.82. The van der Waals surface area contributed by atoms with Gasteiger partial charge in [-0.3, -0.25) is 19.8 Å². The molecule has 5 rings (SSSR count). The van der Waals surface area contributed by atoms with E-state index in [1.807, 2.05) is 18.2 Å². The number of rotatable bonds is 4. The van der Waals surface area contributed by atoms with Gasteiger partial charge in [-0.25, -0.2) is 9.88 Å². The molecule has 0 saturated carbocycles. The fourth-order valence-corrected chi connectivity index (χ4v) is 3.85. The molecule has 1 aromatic heterocycles. The molecule has 0 bridgehead atoms. The van der Waals surface area contributed by atoms with Gasteiger partial charge in [-0.2, -0.15) is 5.10 Å². The number of benzene rings is 2. The molecule has 3 aromatic rings. The van der Waals surface area contributed by atoms with E-state index in [1.165, 1.54) is 7.11 Å². The number of aromatic nitrogens is 1. The number of nitrogens with zero attached hydrogens (tertiary/aromatic N) is 3. The first-order chi connectivity index (χ1) is 14.6. The van der Waals surface area contributed by atoms with Crippen molar-refractivity contribution in [3.05, 3.63) is 66.4 Å². The summed E-state index contributed by atoms with van der Waals surface area (Å²) in [7, 11) is 1.46. The third-order valence-electron chi connectivity index (χ3n) is 5.31. The van der Waals surface area contributed by atoms with E-state index in [2.05, 4.69) is 15.5 Å². The third-order valence-corrected chi connectivity index (χ3v) is 5.31. The maximum absolute atomic E-state index is 13.2. The Morgan fingerprint density at radius 1 is 1.00 bits per heavy atom. The first-order valence-electron chi connectivity index (χ1n) is 9.34. The Bertz CT molecular complexity index is 1250. The van der Waals surface area contributed by atoms with Crippen molar-refractivity contribution in [3.8, 4) is 5.75 Å². The van der Waals surface area contributed by atoms with Crippen molar-refractivity contribution in [1.82, 2.24) is 10.4 Å². The van der Waals surface area contributed by atoms with E-state index in [0.29, 0.717) is 17.0 Å². The topological polar surface area (TPSA) is 101 Å². The zero-order valence-corrected chi connectivity index (χ0v) is 15.9. The maximum atomic E-state index is 13.2. The average molecular weight is 400 g/mol. The summed E-state index contributed by atoms with van der Waals surface area (Å²) >= 11 is 0. The molecule has 8 nitrogen and oxygen atoms in total. The number of ether oxygens (including phenoxy) is 1. The van der Waals surface area contributed by atoms with Crippen molar-refractivity contribution in [3.63, 3.8) is 0 Å². The minimum absolute atomic E-state index is 0.0153. The third kappa shape index (κ3) is 2.57. The van der Waals surface area contributed by atoms with Crippen molar-refractivity contribution >= 4 is 39.9 Å². The molecule has 2 aromatic carbocycles. The lowest BCUT2D eigenvalue weighted by Crippen LogP contribution is -2.36. The number of pyridine rings is 1. The lowest BCUT2D eigenvalue weighted by atomic mass is 9.94. The molecular weight excluding hydrogens is 384 g/mol. The summed E-state index contributed by atoms with van der Waals surface area (Å²) in [5, 5.41) is 4.92. The Morgan fingerprint density at radius 3 is 2.60 bits per heavy atom. The zero-order valence-electron chi connectivity index (χ0n) is 15.9. The Morgan fingerprint density at radius 2 is 1.77 bits per heavy atom. The van der Waals surface area contributed by atoms with E-state index in [9.17, 15) is 14.4 Å². The summed E-state index contributed by atoms with van der Waals surface area (Å²) in [6, 6.07) is 16.6. The van der Waals surface area contributed by atoms with Gasteiger partial charge < -0.3 is 4.74 Å². The van der Waals surface area contributed by atoms with Gasteiger partial charge in [0.25, 0.3) is 5.91 Å². The number of hydrazone groups is 1. The SMILES string of the molecule is COc1ccccc1N1C(=O)C2NN=C(C(=O)c3ccc4ccccc4n3)C2C1=O. The van der Waals surface area contributed by atoms with Crippen LogP contribution in [0, 0.1) is 5.92 Å². The van der Waals surface area contributed by atoms with Crippen LogP contribution in [0.2, 0.25) is 0 Å². The second-order valence-corrected chi connectivity index (χ2v) is 6.98. The van der Waals surface area contributed by atoms with Crippen molar-refractivity contribution in [2.75, 3.05) is 12.0 Å². The number of methoxy groups -OCH3 is 1. The summed E-state index contributed by atoms with van der Waals surface area (Å²) in [5.74, 6) is -2.10. The largest absolute Gasteiger partial charge is 0.495 e. The molecule has 1 fully saturated rings. The van der Waals surface area contributed by atoms with E-state index < -0.39 is 29.6 Å². The van der Waals surface area contributed by atoms with E-state index in [0.717, 1.165) is 10.3 Å². The lowest BCUT2D eigenvalue weighted by Gasteiger charge is -2.18. The highest BCUT2D eigenvalue weighted by Gasteiger charge is 2.55. The van der Waals surface area contributed by atoms with E-state index in [1.54, 1.807) is 42.5 Å². The number of amides is 2. The van der Waals surface area contributed by atoms with Crippen molar-refractivity contribution in [1.29, 1.82) is 0 Å². The zero-order chi connectivity index (χ0) is 20.8. The second-order valence-electron chi connectivity index (χ2n) is 6.98. The van der Waals surface area contributed by atoms with Crippen LogP contribution >= 0.6 is 0 Å². The molecule has 1 N–H and O–H groups in total. The van der Waals surface area contributed by atoms with E-state index >= 15 is 0 Å². The molecular formula is C22H16N4O4. The second kappa shape index (κ2) is 6.77. The Labute approximate surface area is 171 Å². The Kier molecular flexibility index (Phi) is 4.06. The lowest BCUT2D eigenvalue weighted by molar-refractivity contribution is -0.122. The molecule has 3 heterocycles. The molecule has 0 aliphatic carbocycles. The minimum atomic E-state index is -1.01. The standard InChI is InChI=1S/C22H16N4O4/c1-30-16-9-5-4-8-15(16)26-21(28)17-18(24-25-19(17)22(26)29)20(27)14-11-10-12-6-2-3-7-13(12)23-14/h2-11,17,19,25H,1H3. The number of imide groups is 1. The summed E-state index contributed by atoms with van der Waals surface area (Å²) < 4.78 is 5.29. The number of carbonyl (C=O) groups is 3. The molecule has 2 amide bonds. The fourth-order valence-electron chi connectivity index (χ4n) is 3.85. The highest BCUT2D eigenvalue weighted by molar-refractivity contribution is 6.52. The van der Waals surface area contributed by atoms with Gasteiger partial charge >= 0.3 is 0 Å². The molecule has 1 saturated heterocycles. The van der Waals surface area contributed by atoms with Gasteiger partial charge in [-0.05, 0) is 24.3 Å². The van der Waals surface area contributed by atoms with Crippen LogP contribution in [0.5, 0.6) is 5.75 Å². The van der Waals surface area contributed by atoms with Gasteiger partial charge in [0, 0.05) is 5.39 Å². The van der Waals surface area contributed by atoms with Crippen LogP contribution in [0.1, 0.15) is 10.5 Å². The number of ketones is 1. The maximum Gasteiger partial charge on any atom is 0.259 e. The van der Waals surface area contributed by atoms with Crippen molar-refractivity contribution < 1.29 is 19.1 Å². The number of Topliss-reactive ketones (excluding diaryl/α,β-unsaturated/α-hetero) is 1. The summed E-state index contributed by atoms with van der Waals surface area (Å²) in [6.07, 6.45) is 0. The first kappa shape index (κ1) is 18.0. The number of fused-ring (bicyclic) bond motifs is 2. The number of para-hydroxylation sites is 3. The Balaban J connectivity index is 1.49. The van der Waals surface area contributed by atoms with Crippen molar-refractivity contribution in [2.45, 2.75) is 6.04 Å². The van der Waals surface area contributed by atoms with Gasteiger partial charge in [-0.15, -0.1) is 0 Å². The van der Waals surface area contributed by atoms with Gasteiger partial charge in [0.1, 0.15) is 29.1 Å². The highest BCUT2D eigenvalue weighted by Crippen LogP contribution is 2.36. The van der Waals surface area contributed by atoms with Crippen molar-refractivity contribution in [2.24, 2.45) is 11.0 Å². The monoisotopic (exact) mass is 400 g/mol. The first-order valence-corrected chi connectivity index (χ1v) is 9.34. The number of hydrogen-bond donors (Lipinski definition) is 1. The molecule has 30 heavy (non-hydrogen) atoms. The van der Waals surface area contributed by atoms with Crippen LogP contribution in [0.4, 0.5) is 5.69 Å². The molecule has 2 unspecified atom stereocenters. The van der Waals surface area contributed by atoms with Gasteiger partial charge in [-0.1, -0.05) is 36.4 Å². The number of carbonyl (C=O) groups excluding carboxylic acids is 3. The smallest absolute Gasteiger partial charge is 0.259 e. The summed E-state index contributed by atoms with van der Waals surface area (Å²) in [6.45, 7) is 0. The van der Waals surface area contributed by atoms with Gasteiger partial charge in [0.05, 0.1) is 18.3 Å². The minimum Gasteiger partial charge on any atom is -0.495 e. The van der Waals surface area contributed by atoms with Crippen LogP contribution in [-0.2, 0) is 9.59 Å². The quantitative estimate of drug-likeness (QED) is 0.531. The fraction of sp³-hybridized carbons (Fsp3) is 0.136. The number of nitrogens with one attached hydrogen (secondary N) is 1. The van der Waals surface area contributed by atoms with Crippen LogP contribution in [-0.4, -0.2) is 41.4 Å². The molecule has 148 valence electrons. The predicted octanol–water partition coefficient (Wildman–Crippen LogP) is 1.94. The predicted molar refractivity (Wildman–Crippen MR) is 109 cm³/mol. The van der Waals surface area contributed by atoms with Gasteiger partial charge in [0.15, 0.2) is 0 Å². The highest BCUT2D eigenvalue weighted by atomic mass is 16.5. The molecule has 0 spiro atoms. The van der Waals surface area contributed by atoms with Crippen LogP contribution in [0.15, 0.2) is 65.8 Å². The number of anilines is 1. The summed E-state index contributed by atoms with van der Waals surface area (Å²) in [4.78, 5) is 44.7. The Hall–Kier alpha value is -4.07. The molecule has 2 aliphatic rings. The molecule has 2 atom stereocenters. The molecule has 0 radical (unpaired) electrons. The average Bonchev–Trinajstić information content (AvgIpc) is 3.33.